The second-order valence-corrected chi connectivity index (χ2v) is 17.0. The van der Waals surface area contributed by atoms with E-state index in [-0.39, 0.29) is 0 Å². The largest absolute Gasteiger partial charge is 0.307 e. The molecule has 0 atom stereocenters. The zero-order valence-corrected chi connectivity index (χ0v) is 36.8. The van der Waals surface area contributed by atoms with E-state index >= 15 is 0 Å². The van der Waals surface area contributed by atoms with E-state index < -0.39 is 0 Å². The van der Waals surface area contributed by atoms with Gasteiger partial charge in [0.05, 0.1) is 33.5 Å². The van der Waals surface area contributed by atoms with E-state index in [9.17, 15) is 0 Å². The zero-order valence-electron chi connectivity index (χ0n) is 36.8. The van der Waals surface area contributed by atoms with Crippen LogP contribution < -0.4 is 0 Å². The number of hydrogen-bond donors (Lipinski definition) is 0. The lowest BCUT2D eigenvalue weighted by atomic mass is 9.94. The average Bonchev–Trinajstić information content (AvgIpc) is 3.95. The van der Waals surface area contributed by atoms with E-state index in [1.54, 1.807) is 0 Å². The molecule has 0 aliphatic carbocycles. The van der Waals surface area contributed by atoms with Crippen molar-refractivity contribution in [3.05, 3.63) is 243 Å². The Labute approximate surface area is 392 Å². The Morgan fingerprint density at radius 2 is 0.721 bits per heavy atom. The van der Waals surface area contributed by atoms with E-state index in [1.165, 1.54) is 5.39 Å². The van der Waals surface area contributed by atoms with Gasteiger partial charge in [-0.3, -0.25) is 4.57 Å². The van der Waals surface area contributed by atoms with Gasteiger partial charge in [-0.15, -0.1) is 0 Å². The molecule has 9 aromatic carbocycles. The lowest BCUT2D eigenvalue weighted by molar-refractivity contribution is 0.953. The third kappa shape index (κ3) is 6.66. The first-order valence-electron chi connectivity index (χ1n) is 22.9. The first-order chi connectivity index (χ1) is 33.7. The Bertz CT molecular complexity index is 3930. The maximum absolute atomic E-state index is 5.32. The summed E-state index contributed by atoms with van der Waals surface area (Å²) in [4.78, 5) is 20.9. The van der Waals surface area contributed by atoms with Gasteiger partial charge in [0.25, 0.3) is 0 Å². The van der Waals surface area contributed by atoms with Crippen molar-refractivity contribution in [2.45, 2.75) is 0 Å². The molecule has 0 N–H and O–H groups in total. The smallest absolute Gasteiger partial charge is 0.238 e. The maximum atomic E-state index is 5.32. The van der Waals surface area contributed by atoms with Crippen LogP contribution in [0.4, 0.5) is 0 Å². The summed E-state index contributed by atoms with van der Waals surface area (Å²) in [5.74, 6) is 1.78. The summed E-state index contributed by atoms with van der Waals surface area (Å²) in [5, 5.41) is 4.55. The van der Waals surface area contributed by atoms with Crippen molar-refractivity contribution in [3.8, 4) is 79.2 Å². The molecule has 0 fully saturated rings. The van der Waals surface area contributed by atoms with Crippen molar-refractivity contribution in [1.82, 2.24) is 29.1 Å². The van der Waals surface area contributed by atoms with Crippen molar-refractivity contribution in [3.63, 3.8) is 0 Å². The standard InChI is InChI=1S/C62H40N6/c1-5-19-42(20-6-1)48-27-13-14-28-49(48)55-40-46(39-54(63-55)43-21-7-2-8-22-43)41-33-35-47(36-34-41)67-56-31-17-15-29-50(56)52-37-38-53-51-30-16-18-32-57(51)68(59(53)58(52)67)62-65-60(44-23-9-3-10-24-44)64-61(66-62)45-25-11-4-12-26-45/h1-40H. The highest BCUT2D eigenvalue weighted by Gasteiger charge is 2.24. The highest BCUT2D eigenvalue weighted by atomic mass is 15.2. The molecule has 0 saturated heterocycles. The van der Waals surface area contributed by atoms with Gasteiger partial charge in [-0.25, -0.2) is 9.97 Å². The molecule has 0 saturated carbocycles. The Morgan fingerprint density at radius 3 is 1.31 bits per heavy atom. The van der Waals surface area contributed by atoms with E-state index in [0.29, 0.717) is 17.6 Å². The fraction of sp³-hybridized carbons (Fsp3) is 0. The summed E-state index contributed by atoms with van der Waals surface area (Å²) in [5.41, 5.74) is 15.6. The fourth-order valence-corrected chi connectivity index (χ4v) is 9.84. The number of aromatic nitrogens is 6. The van der Waals surface area contributed by atoms with Crippen molar-refractivity contribution < 1.29 is 0 Å². The Morgan fingerprint density at radius 1 is 0.265 bits per heavy atom. The van der Waals surface area contributed by atoms with Crippen LogP contribution in [0.3, 0.4) is 0 Å². The normalized spacial score (nSPS) is 11.5. The molecule has 6 heteroatoms. The number of para-hydroxylation sites is 2. The molecule has 4 aromatic heterocycles. The molecule has 0 aliphatic heterocycles. The second-order valence-electron chi connectivity index (χ2n) is 17.0. The van der Waals surface area contributed by atoms with Gasteiger partial charge >= 0.3 is 0 Å². The number of fused-ring (bicyclic) bond motifs is 7. The Balaban J connectivity index is 1.03. The molecule has 0 unspecified atom stereocenters. The average molecular weight is 869 g/mol. The number of rotatable bonds is 8. The monoisotopic (exact) mass is 868 g/mol. The van der Waals surface area contributed by atoms with Gasteiger partial charge in [-0.2, -0.15) is 9.97 Å². The third-order valence-corrected chi connectivity index (χ3v) is 13.0. The zero-order chi connectivity index (χ0) is 45.0. The molecular weight excluding hydrogens is 829 g/mol. The molecule has 6 nitrogen and oxygen atoms in total. The van der Waals surface area contributed by atoms with Crippen LogP contribution in [0, 0.1) is 0 Å². The predicted molar refractivity (Wildman–Crippen MR) is 279 cm³/mol. The van der Waals surface area contributed by atoms with Gasteiger partial charge < -0.3 is 4.57 Å². The highest BCUT2D eigenvalue weighted by Crippen LogP contribution is 2.42. The Hall–Kier alpha value is -9.26. The molecule has 318 valence electrons. The summed E-state index contributed by atoms with van der Waals surface area (Å²) < 4.78 is 4.65. The quantitative estimate of drug-likeness (QED) is 0.153. The van der Waals surface area contributed by atoms with E-state index in [0.717, 1.165) is 99.8 Å². The fourth-order valence-electron chi connectivity index (χ4n) is 9.84. The van der Waals surface area contributed by atoms with Gasteiger partial charge in [-0.1, -0.05) is 206 Å². The maximum Gasteiger partial charge on any atom is 0.238 e. The first kappa shape index (κ1) is 39.1. The van der Waals surface area contributed by atoms with E-state index in [2.05, 4.69) is 209 Å². The summed E-state index contributed by atoms with van der Waals surface area (Å²) in [7, 11) is 0. The minimum Gasteiger partial charge on any atom is -0.307 e. The lowest BCUT2D eigenvalue weighted by Crippen LogP contribution is -2.07. The highest BCUT2D eigenvalue weighted by molar-refractivity contribution is 6.23. The summed E-state index contributed by atoms with van der Waals surface area (Å²) in [6.45, 7) is 0. The number of benzene rings is 9. The van der Waals surface area contributed by atoms with E-state index in [1.807, 2.05) is 42.5 Å². The van der Waals surface area contributed by atoms with Gasteiger partial charge in [-0.05, 0) is 58.7 Å². The van der Waals surface area contributed by atoms with Crippen LogP contribution in [-0.2, 0) is 0 Å². The molecule has 0 amide bonds. The van der Waals surface area contributed by atoms with Crippen LogP contribution in [0.25, 0.3) is 123 Å². The van der Waals surface area contributed by atoms with Crippen LogP contribution in [0.2, 0.25) is 0 Å². The van der Waals surface area contributed by atoms with Crippen LogP contribution in [0.1, 0.15) is 0 Å². The van der Waals surface area contributed by atoms with Crippen molar-refractivity contribution in [2.75, 3.05) is 0 Å². The molecule has 0 radical (unpaired) electrons. The van der Waals surface area contributed by atoms with E-state index in [4.69, 9.17) is 19.9 Å². The lowest BCUT2D eigenvalue weighted by Gasteiger charge is -2.15. The van der Waals surface area contributed by atoms with Gasteiger partial charge in [0, 0.05) is 49.5 Å². The van der Waals surface area contributed by atoms with Crippen molar-refractivity contribution in [1.29, 1.82) is 0 Å². The third-order valence-electron chi connectivity index (χ3n) is 13.0. The molecule has 0 bridgehead atoms. The summed E-state index contributed by atoms with van der Waals surface area (Å²) >= 11 is 0. The molecule has 4 heterocycles. The number of hydrogen-bond acceptors (Lipinski definition) is 4. The van der Waals surface area contributed by atoms with Gasteiger partial charge in [0.1, 0.15) is 0 Å². The van der Waals surface area contributed by atoms with Crippen LogP contribution in [-0.4, -0.2) is 29.1 Å². The van der Waals surface area contributed by atoms with Gasteiger partial charge in [0.2, 0.25) is 5.95 Å². The molecule has 0 spiro atoms. The molecule has 13 aromatic rings. The minimum absolute atomic E-state index is 0.556. The topological polar surface area (TPSA) is 61.4 Å². The minimum atomic E-state index is 0.556. The van der Waals surface area contributed by atoms with Crippen LogP contribution in [0.15, 0.2) is 243 Å². The summed E-state index contributed by atoms with van der Waals surface area (Å²) in [6, 6.07) is 85.1. The Kier molecular flexibility index (Phi) is 9.39. The van der Waals surface area contributed by atoms with Gasteiger partial charge in [0.15, 0.2) is 11.6 Å². The molecule has 13 rings (SSSR count). The molecule has 0 aliphatic rings. The number of pyridine rings is 1. The van der Waals surface area contributed by atoms with Crippen molar-refractivity contribution >= 4 is 43.6 Å². The first-order valence-corrected chi connectivity index (χ1v) is 22.9. The van der Waals surface area contributed by atoms with Crippen LogP contribution in [0.5, 0.6) is 0 Å². The molecular formula is C62H40N6. The van der Waals surface area contributed by atoms with Crippen LogP contribution >= 0.6 is 0 Å². The SMILES string of the molecule is c1ccc(-c2cc(-c3ccc(-n4c5ccccc5c5ccc6c7ccccc7n(-c7nc(-c8ccccc8)nc(-c8ccccc8)n7)c6c54)cc3)cc(-c3ccccc3-c3ccccc3)n2)cc1. The van der Waals surface area contributed by atoms with Crippen molar-refractivity contribution in [2.24, 2.45) is 0 Å². The number of nitrogens with zero attached hydrogens (tertiary/aromatic N) is 6. The second kappa shape index (κ2) is 16.3. The summed E-state index contributed by atoms with van der Waals surface area (Å²) in [6.07, 6.45) is 0. The predicted octanol–water partition coefficient (Wildman–Crippen LogP) is 15.5. The molecule has 68 heavy (non-hydrogen) atoms.